The van der Waals surface area contributed by atoms with Crippen LogP contribution in [0.1, 0.15) is 5.69 Å². The molecule has 0 N–H and O–H groups in total. The molecule has 25 heavy (non-hydrogen) atoms. The second kappa shape index (κ2) is 5.31. The lowest BCUT2D eigenvalue weighted by Gasteiger charge is -2.06. The highest BCUT2D eigenvalue weighted by Crippen LogP contribution is 2.35. The molecule has 0 unspecified atom stereocenters. The van der Waals surface area contributed by atoms with Gasteiger partial charge in [0.2, 0.25) is 6.79 Å². The van der Waals surface area contributed by atoms with E-state index in [1.807, 2.05) is 54.2 Å². The summed E-state index contributed by atoms with van der Waals surface area (Å²) in [6, 6.07) is 11.8. The van der Waals surface area contributed by atoms with E-state index in [2.05, 4.69) is 21.0 Å². The van der Waals surface area contributed by atoms with Crippen molar-refractivity contribution in [1.29, 1.82) is 0 Å². The number of rotatable bonds is 2. The number of benzene rings is 2. The van der Waals surface area contributed by atoms with Crippen molar-refractivity contribution in [3.63, 3.8) is 0 Å². The Hall–Kier alpha value is -3.41. The summed E-state index contributed by atoms with van der Waals surface area (Å²) < 4.78 is 12.8. The van der Waals surface area contributed by atoms with E-state index >= 15 is 0 Å². The molecular formula is C19H14N4O2. The Bertz CT molecular complexity index is 1100. The van der Waals surface area contributed by atoms with Gasteiger partial charge in [-0.25, -0.2) is 15.0 Å². The van der Waals surface area contributed by atoms with Crippen molar-refractivity contribution in [2.45, 2.75) is 6.92 Å². The van der Waals surface area contributed by atoms with E-state index in [9.17, 15) is 0 Å². The Morgan fingerprint density at radius 1 is 1.00 bits per heavy atom. The van der Waals surface area contributed by atoms with Crippen LogP contribution in [0, 0.1) is 6.92 Å². The lowest BCUT2D eigenvalue weighted by molar-refractivity contribution is 0.174. The number of fused-ring (bicyclic) bond motifs is 2. The van der Waals surface area contributed by atoms with E-state index in [-0.39, 0.29) is 6.79 Å². The fourth-order valence-electron chi connectivity index (χ4n) is 2.92. The van der Waals surface area contributed by atoms with Crippen LogP contribution >= 0.6 is 0 Å². The summed E-state index contributed by atoms with van der Waals surface area (Å²) in [6.45, 7) is 2.23. The average molecular weight is 330 g/mol. The van der Waals surface area contributed by atoms with Crippen LogP contribution in [0.15, 0.2) is 55.1 Å². The van der Waals surface area contributed by atoms with E-state index in [1.165, 1.54) is 0 Å². The maximum atomic E-state index is 5.43. The molecule has 6 nitrogen and oxygen atoms in total. The van der Waals surface area contributed by atoms with Crippen molar-refractivity contribution in [3.8, 4) is 28.6 Å². The molecule has 0 radical (unpaired) electrons. The Morgan fingerprint density at radius 3 is 2.80 bits per heavy atom. The first-order chi connectivity index (χ1) is 12.3. The van der Waals surface area contributed by atoms with E-state index in [0.717, 1.165) is 39.3 Å². The first kappa shape index (κ1) is 14.0. The SMILES string of the molecule is Cc1cn(-c2ccc3nc(-c4ccc5c(c4)OCO5)ncc3c2)cn1. The third-order valence-electron chi connectivity index (χ3n) is 4.20. The molecule has 0 saturated heterocycles. The summed E-state index contributed by atoms with van der Waals surface area (Å²) >= 11 is 0. The van der Waals surface area contributed by atoms with Crippen LogP contribution in [-0.4, -0.2) is 26.3 Å². The van der Waals surface area contributed by atoms with E-state index in [1.54, 1.807) is 6.33 Å². The number of hydrogen-bond donors (Lipinski definition) is 0. The standard InChI is InChI=1S/C19H14N4O2/c1-12-9-23(10-21-12)15-3-4-16-14(6-15)8-20-19(22-16)13-2-5-17-18(7-13)25-11-24-17/h2-10H,11H2,1H3. The first-order valence-electron chi connectivity index (χ1n) is 7.94. The monoisotopic (exact) mass is 330 g/mol. The predicted molar refractivity (Wildman–Crippen MR) is 93.0 cm³/mol. The van der Waals surface area contributed by atoms with Gasteiger partial charge in [0.1, 0.15) is 0 Å². The normalized spacial score (nSPS) is 12.7. The van der Waals surface area contributed by atoms with Crippen molar-refractivity contribution in [2.24, 2.45) is 0 Å². The molecule has 122 valence electrons. The number of imidazole rings is 1. The third kappa shape index (κ3) is 2.39. The van der Waals surface area contributed by atoms with Crippen LogP contribution < -0.4 is 9.47 Å². The molecule has 1 aliphatic heterocycles. The summed E-state index contributed by atoms with van der Waals surface area (Å²) in [5.74, 6) is 2.15. The van der Waals surface area contributed by atoms with Crippen molar-refractivity contribution >= 4 is 10.9 Å². The molecule has 1 aliphatic rings. The predicted octanol–water partition coefficient (Wildman–Crippen LogP) is 3.52. The molecule has 0 atom stereocenters. The fraction of sp³-hybridized carbons (Fsp3) is 0.105. The largest absolute Gasteiger partial charge is 0.454 e. The highest BCUT2D eigenvalue weighted by Gasteiger charge is 2.15. The third-order valence-corrected chi connectivity index (χ3v) is 4.20. The van der Waals surface area contributed by atoms with Gasteiger partial charge >= 0.3 is 0 Å². The van der Waals surface area contributed by atoms with Crippen LogP contribution in [0.25, 0.3) is 28.0 Å². The molecule has 0 bridgehead atoms. The van der Waals surface area contributed by atoms with Crippen LogP contribution in [0.2, 0.25) is 0 Å². The minimum Gasteiger partial charge on any atom is -0.454 e. The summed E-state index contributed by atoms with van der Waals surface area (Å²) in [4.78, 5) is 13.5. The van der Waals surface area contributed by atoms with Crippen molar-refractivity contribution < 1.29 is 9.47 Å². The lowest BCUT2D eigenvalue weighted by atomic mass is 10.1. The van der Waals surface area contributed by atoms with Crippen molar-refractivity contribution in [3.05, 3.63) is 60.8 Å². The smallest absolute Gasteiger partial charge is 0.231 e. The first-order valence-corrected chi connectivity index (χ1v) is 7.94. The van der Waals surface area contributed by atoms with Crippen LogP contribution in [0.3, 0.4) is 0 Å². The van der Waals surface area contributed by atoms with Crippen LogP contribution in [-0.2, 0) is 0 Å². The minimum atomic E-state index is 0.258. The Labute approximate surface area is 143 Å². The van der Waals surface area contributed by atoms with E-state index in [4.69, 9.17) is 9.47 Å². The van der Waals surface area contributed by atoms with Gasteiger partial charge in [-0.3, -0.25) is 0 Å². The molecule has 0 saturated carbocycles. The Kier molecular flexibility index (Phi) is 2.97. The number of aryl methyl sites for hydroxylation is 1. The lowest BCUT2D eigenvalue weighted by Crippen LogP contribution is -1.94. The molecular weight excluding hydrogens is 316 g/mol. The maximum absolute atomic E-state index is 5.43. The van der Waals surface area contributed by atoms with E-state index < -0.39 is 0 Å². The van der Waals surface area contributed by atoms with Crippen molar-refractivity contribution in [1.82, 2.24) is 19.5 Å². The fourth-order valence-corrected chi connectivity index (χ4v) is 2.92. The second-order valence-electron chi connectivity index (χ2n) is 5.93. The van der Waals surface area contributed by atoms with Crippen molar-refractivity contribution in [2.75, 3.05) is 6.79 Å². The highest BCUT2D eigenvalue weighted by molar-refractivity contribution is 5.82. The average Bonchev–Trinajstić information content (AvgIpc) is 3.29. The molecule has 2 aromatic carbocycles. The molecule has 4 aromatic rings. The zero-order chi connectivity index (χ0) is 16.8. The van der Waals surface area contributed by atoms with Crippen LogP contribution in [0.5, 0.6) is 11.5 Å². The molecule has 6 heteroatoms. The molecule has 0 amide bonds. The van der Waals surface area contributed by atoms with Gasteiger partial charge in [0, 0.05) is 29.0 Å². The van der Waals surface area contributed by atoms with Gasteiger partial charge < -0.3 is 14.0 Å². The number of ether oxygens (including phenoxy) is 2. The number of nitrogens with zero attached hydrogens (tertiary/aromatic N) is 4. The van der Waals surface area contributed by atoms with Gasteiger partial charge in [0.05, 0.1) is 17.5 Å². The van der Waals surface area contributed by atoms with Gasteiger partial charge in [-0.2, -0.15) is 0 Å². The molecule has 0 spiro atoms. The zero-order valence-corrected chi connectivity index (χ0v) is 13.5. The Morgan fingerprint density at radius 2 is 1.92 bits per heavy atom. The summed E-state index contributed by atoms with van der Waals surface area (Å²) in [7, 11) is 0. The zero-order valence-electron chi connectivity index (χ0n) is 13.5. The Balaban J connectivity index is 1.56. The molecule has 5 rings (SSSR count). The minimum absolute atomic E-state index is 0.258. The highest BCUT2D eigenvalue weighted by atomic mass is 16.7. The van der Waals surface area contributed by atoms with Gasteiger partial charge in [0.15, 0.2) is 17.3 Å². The van der Waals surface area contributed by atoms with Gasteiger partial charge in [-0.15, -0.1) is 0 Å². The number of aromatic nitrogens is 4. The van der Waals surface area contributed by atoms with Crippen LogP contribution in [0.4, 0.5) is 0 Å². The molecule has 0 fully saturated rings. The molecule has 2 aromatic heterocycles. The molecule has 3 heterocycles. The van der Waals surface area contributed by atoms with Gasteiger partial charge in [-0.05, 0) is 43.3 Å². The number of hydrogen-bond acceptors (Lipinski definition) is 5. The molecule has 0 aliphatic carbocycles. The summed E-state index contributed by atoms with van der Waals surface area (Å²) in [6.07, 6.45) is 5.64. The second-order valence-corrected chi connectivity index (χ2v) is 5.93. The topological polar surface area (TPSA) is 62.1 Å². The maximum Gasteiger partial charge on any atom is 0.231 e. The summed E-state index contributed by atoms with van der Waals surface area (Å²) in [5, 5.41) is 0.980. The van der Waals surface area contributed by atoms with Gasteiger partial charge in [-0.1, -0.05) is 0 Å². The quantitative estimate of drug-likeness (QED) is 0.563. The summed E-state index contributed by atoms with van der Waals surface area (Å²) in [5.41, 5.74) is 3.81. The van der Waals surface area contributed by atoms with Gasteiger partial charge in [0.25, 0.3) is 0 Å². The van der Waals surface area contributed by atoms with E-state index in [0.29, 0.717) is 5.82 Å².